The molecular weight excluding hydrogens is 160 g/mol. The highest BCUT2D eigenvalue weighted by molar-refractivity contribution is 4.52. The van der Waals surface area contributed by atoms with E-state index in [0.29, 0.717) is 0 Å². The van der Waals surface area contributed by atoms with Crippen LogP contribution in [0.1, 0.15) is 13.3 Å². The predicted molar refractivity (Wildman–Crippen MR) is 43.9 cm³/mol. The highest BCUT2D eigenvalue weighted by Crippen LogP contribution is 1.91. The molecule has 0 aromatic heterocycles. The number of nitro groups is 1. The lowest BCUT2D eigenvalue weighted by Gasteiger charge is -2.11. The van der Waals surface area contributed by atoms with Crippen molar-refractivity contribution in [2.45, 2.75) is 13.3 Å². The lowest BCUT2D eigenvalue weighted by molar-refractivity contribution is -0.494. The summed E-state index contributed by atoms with van der Waals surface area (Å²) in [5.41, 5.74) is 0. The maximum atomic E-state index is 9.74. The van der Waals surface area contributed by atoms with Gasteiger partial charge in [-0.1, -0.05) is 13.8 Å². The van der Waals surface area contributed by atoms with Gasteiger partial charge in [0.05, 0.1) is 10.1 Å². The van der Waals surface area contributed by atoms with E-state index in [4.69, 9.17) is 0 Å². The molecule has 0 aromatic carbocycles. The maximum Gasteiger partial charge on any atom is 0.211 e. The first-order chi connectivity index (χ1) is 5.70. The van der Waals surface area contributed by atoms with Crippen LogP contribution in [0.25, 0.3) is 0 Å². The summed E-state index contributed by atoms with van der Waals surface area (Å²) in [5.74, 6) is 0. The number of hydrogen-bond donors (Lipinski definition) is 0. The van der Waals surface area contributed by atoms with Crippen LogP contribution in [-0.4, -0.2) is 29.7 Å². The van der Waals surface area contributed by atoms with Crippen molar-refractivity contribution in [1.29, 1.82) is 0 Å². The zero-order valence-electron chi connectivity index (χ0n) is 7.14. The summed E-state index contributed by atoms with van der Waals surface area (Å²) >= 11 is 0. The van der Waals surface area contributed by atoms with Gasteiger partial charge < -0.3 is 10.1 Å². The molecule has 69 valence electrons. The smallest absolute Gasteiger partial charge is 0.211 e. The van der Waals surface area contributed by atoms with Gasteiger partial charge in [0.15, 0.2) is 5.22 Å². The molecule has 0 aliphatic heterocycles. The van der Waals surface area contributed by atoms with E-state index in [1.165, 1.54) is 0 Å². The predicted octanol–water partition coefficient (Wildman–Crippen LogP) is 1.13. The first-order valence-corrected chi connectivity index (χ1v) is 3.74. The van der Waals surface area contributed by atoms with Crippen LogP contribution in [0.15, 0.2) is 10.3 Å². The van der Waals surface area contributed by atoms with Gasteiger partial charge in [-0.2, -0.15) is 0 Å². The summed E-state index contributed by atoms with van der Waals surface area (Å²) in [6.07, 6.45) is 0.766. The molecule has 0 heterocycles. The molecule has 1 radical (unpaired) electrons. The number of hydrogen-bond acceptors (Lipinski definition) is 4. The Morgan fingerprint density at radius 2 is 2.33 bits per heavy atom. The van der Waals surface area contributed by atoms with Crippen LogP contribution in [0.5, 0.6) is 0 Å². The molecule has 12 heavy (non-hydrogen) atoms. The Morgan fingerprint density at radius 1 is 1.67 bits per heavy atom. The van der Waals surface area contributed by atoms with E-state index in [-0.39, 0.29) is 6.67 Å². The monoisotopic (exact) mass is 173 g/mol. The van der Waals surface area contributed by atoms with Crippen LogP contribution in [0.4, 0.5) is 0 Å². The lowest BCUT2D eigenvalue weighted by atomic mass is 10.4. The van der Waals surface area contributed by atoms with Gasteiger partial charge in [0.1, 0.15) is 0 Å². The molecule has 0 aliphatic carbocycles. The summed E-state index contributed by atoms with van der Waals surface area (Å²) in [5, 5.41) is 15.1. The maximum absolute atomic E-state index is 9.74. The standard InChI is InChI=1S/C6H13N4O2/c1-3-5-9(4-2)6-7-8-10(11)12/h1,3-6H2,2H3. The Hall–Kier alpha value is -1.04. The molecule has 0 spiro atoms. The molecule has 0 aliphatic rings. The molecule has 0 amide bonds. The van der Waals surface area contributed by atoms with Gasteiger partial charge in [0, 0.05) is 6.54 Å². The Morgan fingerprint density at radius 3 is 2.75 bits per heavy atom. The average molecular weight is 173 g/mol. The molecule has 6 nitrogen and oxygen atoms in total. The van der Waals surface area contributed by atoms with Crippen molar-refractivity contribution in [2.24, 2.45) is 10.3 Å². The third kappa shape index (κ3) is 5.72. The SMILES string of the molecule is [CH2]CCN(CC)CN=N[N+](=O)[O-]. The first-order valence-electron chi connectivity index (χ1n) is 3.74. The van der Waals surface area contributed by atoms with Crippen molar-refractivity contribution in [3.05, 3.63) is 17.0 Å². The largest absolute Gasteiger partial charge is 0.337 e. The normalized spacial score (nSPS) is 11.2. The fourth-order valence-corrected chi connectivity index (χ4v) is 0.722. The molecule has 0 saturated carbocycles. The number of nitrogens with zero attached hydrogens (tertiary/aromatic N) is 4. The fourth-order valence-electron chi connectivity index (χ4n) is 0.722. The Labute approximate surface area is 71.4 Å². The molecule has 0 saturated heterocycles. The van der Waals surface area contributed by atoms with E-state index in [9.17, 15) is 10.1 Å². The second-order valence-electron chi connectivity index (χ2n) is 2.17. The second-order valence-corrected chi connectivity index (χ2v) is 2.17. The third-order valence-corrected chi connectivity index (χ3v) is 1.32. The zero-order chi connectivity index (χ0) is 9.40. The minimum absolute atomic E-state index is 0.271. The fraction of sp³-hybridized carbons (Fsp3) is 0.833. The van der Waals surface area contributed by atoms with Crippen molar-refractivity contribution in [1.82, 2.24) is 4.90 Å². The second kappa shape index (κ2) is 6.66. The van der Waals surface area contributed by atoms with Crippen LogP contribution in [-0.2, 0) is 0 Å². The van der Waals surface area contributed by atoms with Gasteiger partial charge in [0.2, 0.25) is 6.67 Å². The summed E-state index contributed by atoms with van der Waals surface area (Å²) in [6, 6.07) is 0. The Kier molecular flexibility index (Phi) is 6.08. The van der Waals surface area contributed by atoms with Crippen LogP contribution >= 0.6 is 0 Å². The molecule has 0 unspecified atom stereocenters. The van der Waals surface area contributed by atoms with Gasteiger partial charge in [-0.25, -0.2) is 0 Å². The van der Waals surface area contributed by atoms with Crippen LogP contribution in [0.3, 0.4) is 0 Å². The summed E-state index contributed by atoms with van der Waals surface area (Å²) in [4.78, 5) is 11.7. The van der Waals surface area contributed by atoms with E-state index >= 15 is 0 Å². The average Bonchev–Trinajstić information content (AvgIpc) is 2.02. The Balaban J connectivity index is 3.63. The van der Waals surface area contributed by atoms with E-state index in [1.807, 2.05) is 11.8 Å². The number of rotatable bonds is 6. The summed E-state index contributed by atoms with van der Waals surface area (Å²) in [7, 11) is 0. The highest BCUT2D eigenvalue weighted by Gasteiger charge is 2.02. The molecule has 0 rings (SSSR count). The van der Waals surface area contributed by atoms with Gasteiger partial charge in [-0.05, 0) is 13.0 Å². The zero-order valence-corrected chi connectivity index (χ0v) is 7.14. The molecule has 0 atom stereocenters. The molecule has 0 N–H and O–H groups in total. The van der Waals surface area contributed by atoms with Crippen molar-refractivity contribution >= 4 is 0 Å². The van der Waals surface area contributed by atoms with Crippen LogP contribution in [0.2, 0.25) is 0 Å². The van der Waals surface area contributed by atoms with E-state index in [2.05, 4.69) is 17.3 Å². The van der Waals surface area contributed by atoms with E-state index in [0.717, 1.165) is 19.5 Å². The van der Waals surface area contributed by atoms with E-state index < -0.39 is 5.03 Å². The van der Waals surface area contributed by atoms with Gasteiger partial charge in [-0.15, -0.1) is 0 Å². The quantitative estimate of drug-likeness (QED) is 0.343. The van der Waals surface area contributed by atoms with Gasteiger partial charge >= 0.3 is 0 Å². The summed E-state index contributed by atoms with van der Waals surface area (Å²) in [6.45, 7) is 7.48. The molecule has 0 aromatic rings. The minimum atomic E-state index is -0.808. The van der Waals surface area contributed by atoms with Crippen molar-refractivity contribution < 1.29 is 5.03 Å². The van der Waals surface area contributed by atoms with Crippen LogP contribution < -0.4 is 0 Å². The lowest BCUT2D eigenvalue weighted by Crippen LogP contribution is -2.24. The first kappa shape index (κ1) is 11.0. The summed E-state index contributed by atoms with van der Waals surface area (Å²) < 4.78 is 0. The topological polar surface area (TPSA) is 71.1 Å². The van der Waals surface area contributed by atoms with Crippen LogP contribution in [0, 0.1) is 17.0 Å². The third-order valence-electron chi connectivity index (χ3n) is 1.32. The van der Waals surface area contributed by atoms with Crippen molar-refractivity contribution in [3.63, 3.8) is 0 Å². The molecular formula is C6H13N4O2. The van der Waals surface area contributed by atoms with Gasteiger partial charge in [0.25, 0.3) is 0 Å². The molecule has 6 heteroatoms. The Bertz CT molecular complexity index is 160. The minimum Gasteiger partial charge on any atom is -0.337 e. The molecule has 0 bridgehead atoms. The van der Waals surface area contributed by atoms with Gasteiger partial charge in [-0.3, -0.25) is 4.90 Å². The van der Waals surface area contributed by atoms with E-state index in [1.54, 1.807) is 0 Å². The van der Waals surface area contributed by atoms with Crippen molar-refractivity contribution in [3.8, 4) is 0 Å². The molecule has 0 fully saturated rings. The van der Waals surface area contributed by atoms with Crippen molar-refractivity contribution in [2.75, 3.05) is 19.8 Å². The highest BCUT2D eigenvalue weighted by atomic mass is 16.7.